The number of benzene rings is 1. The number of nitrogens with zero attached hydrogens (tertiary/aromatic N) is 1. The molecule has 0 aliphatic carbocycles. The summed E-state index contributed by atoms with van der Waals surface area (Å²) < 4.78 is 5.34. The molecule has 0 aromatic heterocycles. The van der Waals surface area contributed by atoms with Gasteiger partial charge in [0.15, 0.2) is 0 Å². The fourth-order valence-electron chi connectivity index (χ4n) is 1.93. The Labute approximate surface area is 137 Å². The van der Waals surface area contributed by atoms with Gasteiger partial charge in [0.05, 0.1) is 22.4 Å². The van der Waals surface area contributed by atoms with Gasteiger partial charge in [0.1, 0.15) is 0 Å². The third-order valence-corrected chi connectivity index (χ3v) is 3.74. The molecule has 2 rings (SSSR count). The first-order valence-corrected chi connectivity index (χ1v) is 7.50. The zero-order valence-corrected chi connectivity index (χ0v) is 13.2. The second-order valence-electron chi connectivity index (χ2n) is 4.68. The lowest BCUT2D eigenvalue weighted by Crippen LogP contribution is -2.41. The lowest BCUT2D eigenvalue weighted by atomic mass is 10.2. The number of carbonyl (C=O) groups is 2. The summed E-state index contributed by atoms with van der Waals surface area (Å²) in [4.78, 5) is 23.1. The molecule has 0 saturated carbocycles. The average Bonchev–Trinajstić information content (AvgIpc) is 3.01. The molecule has 8 heteroatoms. The standard InChI is InChI=1S/C14H15Cl2N3O3/c15-11-4-1-5-12(16)10(11)8-18-19-14(21)13(20)17-7-9-3-2-6-22-9/h1,4-5,8-9H,2-3,6-7H2,(H,17,20)(H,19,21). The topological polar surface area (TPSA) is 79.8 Å². The summed E-state index contributed by atoms with van der Waals surface area (Å²) in [6.45, 7) is 1.00. The fourth-order valence-corrected chi connectivity index (χ4v) is 2.43. The van der Waals surface area contributed by atoms with E-state index in [1.165, 1.54) is 6.21 Å². The zero-order chi connectivity index (χ0) is 15.9. The molecule has 1 aliphatic heterocycles. The predicted molar refractivity (Wildman–Crippen MR) is 84.2 cm³/mol. The molecule has 1 heterocycles. The van der Waals surface area contributed by atoms with Crippen LogP contribution in [0.1, 0.15) is 18.4 Å². The number of nitrogens with one attached hydrogen (secondary N) is 2. The number of carbonyl (C=O) groups excluding carboxylic acids is 2. The smallest absolute Gasteiger partial charge is 0.329 e. The highest BCUT2D eigenvalue weighted by atomic mass is 35.5. The van der Waals surface area contributed by atoms with Crippen molar-refractivity contribution >= 4 is 41.2 Å². The molecule has 0 bridgehead atoms. The molecule has 0 radical (unpaired) electrons. The van der Waals surface area contributed by atoms with Crippen LogP contribution >= 0.6 is 23.2 Å². The van der Waals surface area contributed by atoms with Crippen molar-refractivity contribution < 1.29 is 14.3 Å². The number of hydrazone groups is 1. The van der Waals surface area contributed by atoms with Gasteiger partial charge in [-0.2, -0.15) is 5.10 Å². The van der Waals surface area contributed by atoms with Gasteiger partial charge in [-0.15, -0.1) is 0 Å². The maximum absolute atomic E-state index is 11.6. The molecule has 1 unspecified atom stereocenters. The third-order valence-electron chi connectivity index (χ3n) is 3.08. The summed E-state index contributed by atoms with van der Waals surface area (Å²) in [5.74, 6) is -1.63. The van der Waals surface area contributed by atoms with Crippen molar-refractivity contribution in [3.8, 4) is 0 Å². The maximum atomic E-state index is 11.6. The highest BCUT2D eigenvalue weighted by Crippen LogP contribution is 2.21. The molecule has 2 amide bonds. The van der Waals surface area contributed by atoms with Gasteiger partial charge in [-0.1, -0.05) is 29.3 Å². The Balaban J connectivity index is 1.81. The molecule has 1 aromatic rings. The SMILES string of the molecule is O=C(NCC1CCCO1)C(=O)NN=Cc1c(Cl)cccc1Cl. The molecule has 1 fully saturated rings. The van der Waals surface area contributed by atoms with Crippen LogP contribution in [0.4, 0.5) is 0 Å². The Kier molecular flexibility index (Phi) is 6.18. The first kappa shape index (κ1) is 16.7. The van der Waals surface area contributed by atoms with Gasteiger partial charge in [0.2, 0.25) is 0 Å². The van der Waals surface area contributed by atoms with Gasteiger partial charge in [0, 0.05) is 18.7 Å². The number of rotatable bonds is 4. The molecule has 6 nitrogen and oxygen atoms in total. The van der Waals surface area contributed by atoms with E-state index in [1.807, 2.05) is 0 Å². The van der Waals surface area contributed by atoms with Crippen LogP contribution in [-0.2, 0) is 14.3 Å². The van der Waals surface area contributed by atoms with Gasteiger partial charge in [0.25, 0.3) is 0 Å². The van der Waals surface area contributed by atoms with E-state index in [2.05, 4.69) is 15.8 Å². The summed E-state index contributed by atoms with van der Waals surface area (Å²) >= 11 is 11.9. The van der Waals surface area contributed by atoms with Crippen molar-refractivity contribution in [3.63, 3.8) is 0 Å². The molecular formula is C14H15Cl2N3O3. The second-order valence-corrected chi connectivity index (χ2v) is 5.49. The van der Waals surface area contributed by atoms with Gasteiger partial charge < -0.3 is 10.1 Å². The molecule has 2 N–H and O–H groups in total. The minimum absolute atomic E-state index is 0.0258. The summed E-state index contributed by atoms with van der Waals surface area (Å²) in [5, 5.41) is 6.97. The lowest BCUT2D eigenvalue weighted by molar-refractivity contribution is -0.139. The van der Waals surface area contributed by atoms with E-state index < -0.39 is 11.8 Å². The largest absolute Gasteiger partial charge is 0.376 e. The normalized spacial score (nSPS) is 17.6. The Bertz CT molecular complexity index is 566. The number of hydrogen-bond donors (Lipinski definition) is 2. The minimum Gasteiger partial charge on any atom is -0.376 e. The monoisotopic (exact) mass is 343 g/mol. The summed E-state index contributed by atoms with van der Waals surface area (Å²) in [5.41, 5.74) is 2.58. The first-order chi connectivity index (χ1) is 10.6. The second kappa shape index (κ2) is 8.12. The molecule has 1 saturated heterocycles. The summed E-state index contributed by atoms with van der Waals surface area (Å²) in [6, 6.07) is 4.98. The van der Waals surface area contributed by atoms with Crippen LogP contribution in [0, 0.1) is 0 Å². The van der Waals surface area contributed by atoms with E-state index in [1.54, 1.807) is 18.2 Å². The number of ether oxygens (including phenoxy) is 1. The minimum atomic E-state index is -0.863. The Morgan fingerprint density at radius 3 is 2.68 bits per heavy atom. The van der Waals surface area contributed by atoms with Crippen LogP contribution in [0.15, 0.2) is 23.3 Å². The van der Waals surface area contributed by atoms with E-state index >= 15 is 0 Å². The van der Waals surface area contributed by atoms with Crippen molar-refractivity contribution in [2.24, 2.45) is 5.10 Å². The highest BCUT2D eigenvalue weighted by molar-refractivity contribution is 6.38. The zero-order valence-electron chi connectivity index (χ0n) is 11.6. The van der Waals surface area contributed by atoms with Gasteiger partial charge in [-0.05, 0) is 25.0 Å². The number of amides is 2. The predicted octanol–water partition coefficient (Wildman–Crippen LogP) is 1.74. The Hall–Kier alpha value is -1.63. The van der Waals surface area contributed by atoms with Crippen molar-refractivity contribution in [1.29, 1.82) is 0 Å². The van der Waals surface area contributed by atoms with Crippen LogP contribution in [0.5, 0.6) is 0 Å². The molecule has 1 atom stereocenters. The summed E-state index contributed by atoms with van der Waals surface area (Å²) in [7, 11) is 0. The first-order valence-electron chi connectivity index (χ1n) is 6.75. The highest BCUT2D eigenvalue weighted by Gasteiger charge is 2.18. The molecule has 1 aliphatic rings. The Morgan fingerprint density at radius 1 is 1.32 bits per heavy atom. The van der Waals surface area contributed by atoms with E-state index in [4.69, 9.17) is 27.9 Å². The van der Waals surface area contributed by atoms with Crippen molar-refractivity contribution in [3.05, 3.63) is 33.8 Å². The van der Waals surface area contributed by atoms with Crippen LogP contribution in [0.25, 0.3) is 0 Å². The number of hydrogen-bond acceptors (Lipinski definition) is 4. The fraction of sp³-hybridized carbons (Fsp3) is 0.357. The molecular weight excluding hydrogens is 329 g/mol. The molecule has 118 valence electrons. The molecule has 1 aromatic carbocycles. The van der Waals surface area contributed by atoms with E-state index in [0.29, 0.717) is 28.8 Å². The van der Waals surface area contributed by atoms with E-state index in [9.17, 15) is 9.59 Å². The van der Waals surface area contributed by atoms with Gasteiger partial charge in [-0.25, -0.2) is 5.43 Å². The van der Waals surface area contributed by atoms with Gasteiger partial charge in [-0.3, -0.25) is 9.59 Å². The molecule has 22 heavy (non-hydrogen) atoms. The van der Waals surface area contributed by atoms with Gasteiger partial charge >= 0.3 is 11.8 Å². The quantitative estimate of drug-likeness (QED) is 0.496. The summed E-state index contributed by atoms with van der Waals surface area (Å²) in [6.07, 6.45) is 3.11. The lowest BCUT2D eigenvalue weighted by Gasteiger charge is -2.09. The third kappa shape index (κ3) is 4.69. The van der Waals surface area contributed by atoms with Crippen LogP contribution < -0.4 is 10.7 Å². The van der Waals surface area contributed by atoms with Crippen molar-refractivity contribution in [2.45, 2.75) is 18.9 Å². The number of halogens is 2. The van der Waals surface area contributed by atoms with Crippen LogP contribution in [0.2, 0.25) is 10.0 Å². The Morgan fingerprint density at radius 2 is 2.05 bits per heavy atom. The maximum Gasteiger partial charge on any atom is 0.329 e. The van der Waals surface area contributed by atoms with E-state index in [0.717, 1.165) is 12.8 Å². The van der Waals surface area contributed by atoms with Crippen LogP contribution in [-0.4, -0.2) is 37.3 Å². The van der Waals surface area contributed by atoms with Crippen molar-refractivity contribution in [2.75, 3.05) is 13.2 Å². The van der Waals surface area contributed by atoms with E-state index in [-0.39, 0.29) is 6.10 Å². The molecule has 0 spiro atoms. The van der Waals surface area contributed by atoms with Crippen molar-refractivity contribution in [1.82, 2.24) is 10.7 Å². The van der Waals surface area contributed by atoms with Crippen LogP contribution in [0.3, 0.4) is 0 Å². The average molecular weight is 344 g/mol.